The van der Waals surface area contributed by atoms with Gasteiger partial charge in [0.25, 0.3) is 0 Å². The summed E-state index contributed by atoms with van der Waals surface area (Å²) in [5.74, 6) is 0.826. The van der Waals surface area contributed by atoms with Crippen molar-refractivity contribution in [1.82, 2.24) is 15.0 Å². The van der Waals surface area contributed by atoms with Crippen molar-refractivity contribution in [3.63, 3.8) is 0 Å². The number of unbranched alkanes of at least 4 members (excludes halogenated alkanes) is 6. The summed E-state index contributed by atoms with van der Waals surface area (Å²) >= 11 is 0. The number of fused-ring (bicyclic) bond motifs is 1. The molecule has 0 unspecified atom stereocenters. The van der Waals surface area contributed by atoms with E-state index in [2.05, 4.69) is 23.3 Å². The van der Waals surface area contributed by atoms with Crippen LogP contribution in [-0.2, 0) is 0 Å². The quantitative estimate of drug-likeness (QED) is 0.371. The van der Waals surface area contributed by atoms with E-state index in [1.54, 1.807) is 18.0 Å². The molecule has 0 bridgehead atoms. The number of aromatic nitrogens is 3. The number of nitrogens with zero attached hydrogens (tertiary/aromatic N) is 3. The first kappa shape index (κ1) is 23.2. The van der Waals surface area contributed by atoms with Gasteiger partial charge in [-0.25, -0.2) is 4.68 Å². The van der Waals surface area contributed by atoms with E-state index in [0.717, 1.165) is 40.6 Å². The molecule has 0 spiro atoms. The van der Waals surface area contributed by atoms with Gasteiger partial charge in [-0.1, -0.05) is 75.3 Å². The lowest BCUT2D eigenvalue weighted by molar-refractivity contribution is 0.0578. The third-order valence-corrected chi connectivity index (χ3v) is 5.93. The van der Waals surface area contributed by atoms with Crippen LogP contribution in [0.25, 0.3) is 22.0 Å². The summed E-state index contributed by atoms with van der Waals surface area (Å²) in [6.45, 7) is 2.05. The third kappa shape index (κ3) is 6.28. The highest BCUT2D eigenvalue weighted by atomic mass is 16.5. The zero-order chi connectivity index (χ0) is 22.1. The number of benzene rings is 2. The molecule has 0 aliphatic rings. The van der Waals surface area contributed by atoms with Gasteiger partial charge < -0.3 is 14.9 Å². The van der Waals surface area contributed by atoms with Crippen molar-refractivity contribution >= 4 is 10.8 Å². The van der Waals surface area contributed by atoms with Crippen molar-refractivity contribution in [3.05, 3.63) is 42.6 Å². The molecule has 0 radical (unpaired) electrons. The highest BCUT2D eigenvalue weighted by molar-refractivity contribution is 5.87. The molecular weight excluding hydrogens is 390 g/mol. The van der Waals surface area contributed by atoms with Gasteiger partial charge in [-0.3, -0.25) is 0 Å². The maximum atomic E-state index is 10.6. The SMILES string of the molecule is CCCCCCCCC[C@@H](O)[C@H](CO)n1cc(-c2ccc3cc(OC)ccc3c2)nn1. The smallest absolute Gasteiger partial charge is 0.119 e. The van der Waals surface area contributed by atoms with Crippen LogP contribution < -0.4 is 4.74 Å². The number of methoxy groups -OCH3 is 1. The van der Waals surface area contributed by atoms with Crippen LogP contribution in [-0.4, -0.2) is 45.0 Å². The van der Waals surface area contributed by atoms with Gasteiger partial charge in [-0.05, 0) is 35.4 Å². The Balaban J connectivity index is 1.60. The molecule has 0 amide bonds. The fourth-order valence-electron chi connectivity index (χ4n) is 3.97. The molecule has 31 heavy (non-hydrogen) atoms. The Kier molecular flexibility index (Phi) is 8.85. The summed E-state index contributed by atoms with van der Waals surface area (Å²) in [6, 6.07) is 11.6. The Bertz CT molecular complexity index is 941. The van der Waals surface area contributed by atoms with E-state index in [1.807, 2.05) is 30.3 Å². The minimum absolute atomic E-state index is 0.169. The van der Waals surface area contributed by atoms with Crippen molar-refractivity contribution in [1.29, 1.82) is 0 Å². The molecule has 2 aromatic carbocycles. The standard InChI is InChI=1S/C25H35N3O3/c1-3-4-5-6-7-8-9-10-25(30)24(18-29)28-17-23(26-27-28)21-12-11-20-16-22(31-2)14-13-19(20)15-21/h11-17,24-25,29-30H,3-10,18H2,1-2H3/t24-,25+/m0/s1. The van der Waals surface area contributed by atoms with E-state index < -0.39 is 12.1 Å². The Morgan fingerprint density at radius 1 is 0.968 bits per heavy atom. The van der Waals surface area contributed by atoms with Crippen molar-refractivity contribution in [3.8, 4) is 17.0 Å². The maximum absolute atomic E-state index is 10.6. The van der Waals surface area contributed by atoms with Gasteiger partial charge in [0.05, 0.1) is 26.0 Å². The first-order valence-electron chi connectivity index (χ1n) is 11.4. The molecule has 0 aliphatic carbocycles. The van der Waals surface area contributed by atoms with Crippen molar-refractivity contribution in [2.75, 3.05) is 13.7 Å². The average Bonchev–Trinajstić information content (AvgIpc) is 3.28. The van der Waals surface area contributed by atoms with Crippen LogP contribution in [0.15, 0.2) is 42.6 Å². The van der Waals surface area contributed by atoms with Gasteiger partial charge in [0.1, 0.15) is 17.5 Å². The van der Waals surface area contributed by atoms with Crippen molar-refractivity contribution in [2.45, 2.75) is 70.4 Å². The summed E-state index contributed by atoms with van der Waals surface area (Å²) in [7, 11) is 1.66. The summed E-state index contributed by atoms with van der Waals surface area (Å²) in [5, 5.41) is 31.1. The fraction of sp³-hybridized carbons (Fsp3) is 0.520. The second kappa shape index (κ2) is 11.8. The molecule has 1 heterocycles. The molecule has 2 N–H and O–H groups in total. The Labute approximate surface area is 184 Å². The lowest BCUT2D eigenvalue weighted by Gasteiger charge is -2.20. The minimum atomic E-state index is -0.640. The zero-order valence-corrected chi connectivity index (χ0v) is 18.7. The predicted octanol–water partition coefficient (Wildman–Crippen LogP) is 5.14. The summed E-state index contributed by atoms with van der Waals surface area (Å²) in [6.07, 6.45) is 10.2. The Hall–Kier alpha value is -2.44. The fourth-order valence-corrected chi connectivity index (χ4v) is 3.97. The normalized spacial score (nSPS) is 13.4. The Morgan fingerprint density at radius 2 is 1.68 bits per heavy atom. The number of rotatable bonds is 13. The molecule has 1 aromatic heterocycles. The molecule has 168 valence electrons. The lowest BCUT2D eigenvalue weighted by atomic mass is 10.0. The molecule has 6 heteroatoms. The second-order valence-corrected chi connectivity index (χ2v) is 8.24. The van der Waals surface area contributed by atoms with Gasteiger partial charge in [0.2, 0.25) is 0 Å². The number of aliphatic hydroxyl groups excluding tert-OH is 2. The van der Waals surface area contributed by atoms with E-state index in [9.17, 15) is 10.2 Å². The van der Waals surface area contributed by atoms with E-state index in [4.69, 9.17) is 4.74 Å². The largest absolute Gasteiger partial charge is 0.497 e. The molecule has 0 aliphatic heterocycles. The van der Waals surface area contributed by atoms with Gasteiger partial charge >= 0.3 is 0 Å². The zero-order valence-electron chi connectivity index (χ0n) is 18.7. The first-order valence-corrected chi connectivity index (χ1v) is 11.4. The van der Waals surface area contributed by atoms with Crippen LogP contribution in [0.5, 0.6) is 5.75 Å². The first-order chi connectivity index (χ1) is 15.2. The average molecular weight is 426 g/mol. The summed E-state index contributed by atoms with van der Waals surface area (Å²) < 4.78 is 6.88. The van der Waals surface area contributed by atoms with Crippen LogP contribution in [0, 0.1) is 0 Å². The van der Waals surface area contributed by atoms with E-state index >= 15 is 0 Å². The van der Waals surface area contributed by atoms with Crippen LogP contribution in [0.4, 0.5) is 0 Å². The van der Waals surface area contributed by atoms with Crippen molar-refractivity contribution < 1.29 is 14.9 Å². The monoisotopic (exact) mass is 425 g/mol. The molecule has 0 fully saturated rings. The number of hydrogen-bond acceptors (Lipinski definition) is 5. The van der Waals surface area contributed by atoms with Gasteiger partial charge in [-0.15, -0.1) is 5.10 Å². The second-order valence-electron chi connectivity index (χ2n) is 8.24. The molecule has 6 nitrogen and oxygen atoms in total. The van der Waals surface area contributed by atoms with E-state index in [1.165, 1.54) is 32.1 Å². The van der Waals surface area contributed by atoms with Crippen LogP contribution in [0.3, 0.4) is 0 Å². The topological polar surface area (TPSA) is 80.4 Å². The van der Waals surface area contributed by atoms with Crippen LogP contribution in [0.2, 0.25) is 0 Å². The predicted molar refractivity (Wildman–Crippen MR) is 124 cm³/mol. The maximum Gasteiger partial charge on any atom is 0.119 e. The number of ether oxygens (including phenoxy) is 1. The molecule has 0 saturated heterocycles. The molecular formula is C25H35N3O3. The molecule has 3 aromatic rings. The Morgan fingerprint density at radius 3 is 2.42 bits per heavy atom. The number of hydrogen-bond donors (Lipinski definition) is 2. The molecule has 3 rings (SSSR count). The molecule has 2 atom stereocenters. The van der Waals surface area contributed by atoms with Gasteiger partial charge in [0.15, 0.2) is 0 Å². The highest BCUT2D eigenvalue weighted by Crippen LogP contribution is 2.27. The summed E-state index contributed by atoms with van der Waals surface area (Å²) in [4.78, 5) is 0. The van der Waals surface area contributed by atoms with E-state index in [-0.39, 0.29) is 6.61 Å². The van der Waals surface area contributed by atoms with Gasteiger partial charge in [0, 0.05) is 5.56 Å². The van der Waals surface area contributed by atoms with Crippen LogP contribution >= 0.6 is 0 Å². The van der Waals surface area contributed by atoms with E-state index in [0.29, 0.717) is 6.42 Å². The lowest BCUT2D eigenvalue weighted by Crippen LogP contribution is -2.27. The minimum Gasteiger partial charge on any atom is -0.497 e. The highest BCUT2D eigenvalue weighted by Gasteiger charge is 2.22. The number of aliphatic hydroxyl groups is 2. The van der Waals surface area contributed by atoms with Crippen LogP contribution in [0.1, 0.15) is 64.3 Å². The van der Waals surface area contributed by atoms with Crippen molar-refractivity contribution in [2.24, 2.45) is 0 Å². The summed E-state index contributed by atoms with van der Waals surface area (Å²) in [5.41, 5.74) is 1.67. The van der Waals surface area contributed by atoms with Gasteiger partial charge in [-0.2, -0.15) is 0 Å². The molecule has 0 saturated carbocycles. The third-order valence-electron chi connectivity index (χ3n) is 5.93.